The van der Waals surface area contributed by atoms with Gasteiger partial charge in [-0.15, -0.1) is 0 Å². The number of carbonyl (C=O) groups is 2. The molecule has 144 valence electrons. The Balaban J connectivity index is 1.82. The second-order valence-electron chi connectivity index (χ2n) is 5.61. The van der Waals surface area contributed by atoms with Crippen molar-refractivity contribution in [3.63, 3.8) is 0 Å². The molecule has 0 spiro atoms. The first-order valence-electron chi connectivity index (χ1n) is 8.14. The molecule has 0 saturated heterocycles. The third kappa shape index (κ3) is 6.93. The fourth-order valence-corrected chi connectivity index (χ4v) is 2.91. The summed E-state index contributed by atoms with van der Waals surface area (Å²) in [5.74, 6) is -3.56. The summed E-state index contributed by atoms with van der Waals surface area (Å²) in [5, 5.41) is 2.61. The Morgan fingerprint density at radius 2 is 1.78 bits per heavy atom. The highest BCUT2D eigenvalue weighted by atomic mass is 32.2. The number of rotatable bonds is 8. The van der Waals surface area contributed by atoms with E-state index in [1.165, 1.54) is 0 Å². The summed E-state index contributed by atoms with van der Waals surface area (Å²) in [4.78, 5) is 31.7. The van der Waals surface area contributed by atoms with Crippen molar-refractivity contribution in [3.8, 4) is 0 Å². The normalized spacial score (nSPS) is 10.7. The van der Waals surface area contributed by atoms with Crippen molar-refractivity contribution in [1.29, 1.82) is 0 Å². The third-order valence-electron chi connectivity index (χ3n) is 3.60. The molecule has 1 heterocycles. The number of hydrogen-bond donors (Lipinski definition) is 1. The number of ether oxygens (including phenoxy) is 1. The Hall–Kier alpha value is -2.55. The van der Waals surface area contributed by atoms with Gasteiger partial charge in [0.25, 0.3) is 11.7 Å². The van der Waals surface area contributed by atoms with E-state index in [0.717, 1.165) is 0 Å². The van der Waals surface area contributed by atoms with Crippen molar-refractivity contribution in [1.82, 2.24) is 9.97 Å². The molecule has 0 aliphatic rings. The highest BCUT2D eigenvalue weighted by Crippen LogP contribution is 2.24. The minimum atomic E-state index is -2.59. The predicted octanol–water partition coefficient (Wildman–Crippen LogP) is 3.52. The molecule has 0 aliphatic heterocycles. The number of aryl methyl sites for hydroxylation is 2. The molecule has 2 aromatic rings. The number of carbonyl (C=O) groups excluding carboxylic acids is 2. The minimum Gasteiger partial charge on any atom is -0.456 e. The molecule has 0 atom stereocenters. The summed E-state index contributed by atoms with van der Waals surface area (Å²) in [7, 11) is 0. The van der Waals surface area contributed by atoms with Gasteiger partial charge in [-0.1, -0.05) is 18.2 Å². The molecule has 0 aliphatic carbocycles. The maximum absolute atomic E-state index is 12.4. The summed E-state index contributed by atoms with van der Waals surface area (Å²) in [6.45, 7) is 2.97. The number of esters is 1. The zero-order valence-corrected chi connectivity index (χ0v) is 15.7. The van der Waals surface area contributed by atoms with Crippen LogP contribution in [0.25, 0.3) is 0 Å². The molecule has 1 aromatic heterocycles. The van der Waals surface area contributed by atoms with E-state index in [2.05, 4.69) is 15.3 Å². The maximum Gasteiger partial charge on any atom is 0.306 e. The summed E-state index contributed by atoms with van der Waals surface area (Å²) in [5.41, 5.74) is 2.41. The van der Waals surface area contributed by atoms with Crippen molar-refractivity contribution in [2.75, 3.05) is 11.9 Å². The molecular weight excluding hydrogens is 376 g/mol. The van der Waals surface area contributed by atoms with Crippen molar-refractivity contribution in [2.24, 2.45) is 0 Å². The molecule has 0 bridgehead atoms. The van der Waals surface area contributed by atoms with Crippen LogP contribution in [0.5, 0.6) is 0 Å². The molecule has 0 saturated carbocycles. The first kappa shape index (κ1) is 20.8. The van der Waals surface area contributed by atoms with Gasteiger partial charge >= 0.3 is 5.97 Å². The van der Waals surface area contributed by atoms with E-state index in [4.69, 9.17) is 4.74 Å². The Bertz CT molecular complexity index is 781. The minimum absolute atomic E-state index is 0.00362. The number of nitrogens with zero attached hydrogens (tertiary/aromatic N) is 2. The summed E-state index contributed by atoms with van der Waals surface area (Å²) < 4.78 is 29.8. The number of benzene rings is 1. The highest BCUT2D eigenvalue weighted by Gasteiger charge is 2.15. The maximum atomic E-state index is 12.4. The van der Waals surface area contributed by atoms with Crippen LogP contribution in [0.4, 0.5) is 14.5 Å². The fourth-order valence-electron chi connectivity index (χ4n) is 2.37. The van der Waals surface area contributed by atoms with Gasteiger partial charge in [-0.2, -0.15) is 8.78 Å². The number of anilines is 1. The van der Waals surface area contributed by atoms with Crippen LogP contribution >= 0.6 is 11.8 Å². The Labute approximate surface area is 159 Å². The average Bonchev–Trinajstić information content (AvgIpc) is 2.59. The SMILES string of the molecule is Cc1nc(SC(F)F)nc(C)c1CCC(=O)OCC(=O)Nc1ccccc1. The number of hydrogen-bond acceptors (Lipinski definition) is 6. The summed E-state index contributed by atoms with van der Waals surface area (Å²) in [6, 6.07) is 8.82. The predicted molar refractivity (Wildman–Crippen MR) is 97.7 cm³/mol. The fraction of sp³-hybridized carbons (Fsp3) is 0.333. The van der Waals surface area contributed by atoms with Gasteiger partial charge in [0.15, 0.2) is 11.8 Å². The van der Waals surface area contributed by atoms with Gasteiger partial charge in [0.1, 0.15) is 0 Å². The van der Waals surface area contributed by atoms with E-state index in [9.17, 15) is 18.4 Å². The molecular formula is C18H19F2N3O3S. The topological polar surface area (TPSA) is 81.2 Å². The molecule has 6 nitrogen and oxygen atoms in total. The number of alkyl halides is 2. The van der Waals surface area contributed by atoms with Crippen LogP contribution in [0.3, 0.4) is 0 Å². The smallest absolute Gasteiger partial charge is 0.306 e. The van der Waals surface area contributed by atoms with E-state index < -0.39 is 17.6 Å². The van der Waals surface area contributed by atoms with Crippen LogP contribution in [0.2, 0.25) is 0 Å². The summed E-state index contributed by atoms with van der Waals surface area (Å²) >= 11 is 0.280. The third-order valence-corrected chi connectivity index (χ3v) is 4.17. The van der Waals surface area contributed by atoms with Crippen LogP contribution in [-0.4, -0.2) is 34.2 Å². The van der Waals surface area contributed by atoms with Crippen molar-refractivity contribution >= 4 is 29.3 Å². The second-order valence-corrected chi connectivity index (χ2v) is 6.57. The van der Waals surface area contributed by atoms with E-state index >= 15 is 0 Å². The van der Waals surface area contributed by atoms with Crippen LogP contribution in [0.1, 0.15) is 23.4 Å². The van der Waals surface area contributed by atoms with E-state index in [0.29, 0.717) is 29.1 Å². The number of amides is 1. The zero-order valence-electron chi connectivity index (χ0n) is 14.9. The van der Waals surface area contributed by atoms with Gasteiger partial charge in [-0.05, 0) is 49.7 Å². The van der Waals surface area contributed by atoms with Gasteiger partial charge < -0.3 is 10.1 Å². The first-order chi connectivity index (χ1) is 12.8. The first-order valence-corrected chi connectivity index (χ1v) is 9.02. The standard InChI is InChI=1S/C18H19F2N3O3S/c1-11-14(12(2)22-18(21-11)27-17(19)20)8-9-16(25)26-10-15(24)23-13-6-4-3-5-7-13/h3-7,17H,8-10H2,1-2H3,(H,23,24). The van der Waals surface area contributed by atoms with Crippen molar-refractivity contribution < 1.29 is 23.1 Å². The quantitative estimate of drug-likeness (QED) is 0.418. The van der Waals surface area contributed by atoms with Gasteiger partial charge in [0.2, 0.25) is 0 Å². The Morgan fingerprint density at radius 3 is 2.37 bits per heavy atom. The number of nitrogens with one attached hydrogen (secondary N) is 1. The van der Waals surface area contributed by atoms with Gasteiger partial charge in [0.05, 0.1) is 0 Å². The average molecular weight is 395 g/mol. The lowest BCUT2D eigenvalue weighted by Crippen LogP contribution is -2.21. The molecule has 1 amide bonds. The molecule has 2 rings (SSSR count). The van der Waals surface area contributed by atoms with Crippen LogP contribution < -0.4 is 5.32 Å². The molecule has 0 unspecified atom stereocenters. The molecule has 9 heteroatoms. The van der Waals surface area contributed by atoms with Crippen molar-refractivity contribution in [3.05, 3.63) is 47.3 Å². The number of halogens is 2. The summed E-state index contributed by atoms with van der Waals surface area (Å²) in [6.07, 6.45) is 0.335. The van der Waals surface area contributed by atoms with Crippen LogP contribution in [0, 0.1) is 13.8 Å². The molecule has 0 fully saturated rings. The van der Waals surface area contributed by atoms with E-state index in [-0.39, 0.29) is 29.9 Å². The van der Waals surface area contributed by atoms with Gasteiger partial charge in [0, 0.05) is 23.5 Å². The lowest BCUT2D eigenvalue weighted by atomic mass is 10.1. The molecule has 1 N–H and O–H groups in total. The van der Waals surface area contributed by atoms with Gasteiger partial charge in [-0.25, -0.2) is 9.97 Å². The monoisotopic (exact) mass is 395 g/mol. The Kier molecular flexibility index (Phi) is 7.66. The lowest BCUT2D eigenvalue weighted by Gasteiger charge is -2.10. The molecule has 27 heavy (non-hydrogen) atoms. The van der Waals surface area contributed by atoms with Gasteiger partial charge in [-0.3, -0.25) is 9.59 Å². The van der Waals surface area contributed by atoms with E-state index in [1.807, 2.05) is 6.07 Å². The second kappa shape index (κ2) is 9.96. The molecule has 1 aromatic carbocycles. The van der Waals surface area contributed by atoms with Crippen LogP contribution in [-0.2, 0) is 20.7 Å². The number of thioether (sulfide) groups is 1. The lowest BCUT2D eigenvalue weighted by molar-refractivity contribution is -0.147. The Morgan fingerprint density at radius 1 is 1.15 bits per heavy atom. The largest absolute Gasteiger partial charge is 0.456 e. The zero-order chi connectivity index (χ0) is 19.8. The molecule has 0 radical (unpaired) electrons. The van der Waals surface area contributed by atoms with Crippen LogP contribution in [0.15, 0.2) is 35.5 Å². The van der Waals surface area contributed by atoms with Crippen molar-refractivity contribution in [2.45, 2.75) is 37.6 Å². The highest BCUT2D eigenvalue weighted by molar-refractivity contribution is 7.99. The number of aromatic nitrogens is 2. The van der Waals surface area contributed by atoms with E-state index in [1.54, 1.807) is 38.1 Å². The number of para-hydroxylation sites is 1.